The first-order chi connectivity index (χ1) is 31.0. The SMILES string of the molecule is C.C.C.C.CCCCCCCCCCCCN(CC)CCCCCCCCCCC.CCCCCCCCCNCC(=O)N1CCN(O)C1.CCCCCCCCCNCCCCCCCC. The fourth-order valence-electron chi connectivity index (χ4n) is 8.55. The molecule has 67 heavy (non-hydrogen) atoms. The summed E-state index contributed by atoms with van der Waals surface area (Å²) in [5.74, 6) is 0.0829. The molecule has 1 aliphatic heterocycles. The lowest BCUT2D eigenvalue weighted by molar-refractivity contribution is -0.134. The van der Waals surface area contributed by atoms with Crippen LogP contribution in [-0.4, -0.2) is 91.5 Å². The molecule has 1 heterocycles. The summed E-state index contributed by atoms with van der Waals surface area (Å²) in [6.45, 7) is 23.0. The summed E-state index contributed by atoms with van der Waals surface area (Å²) in [5.41, 5.74) is 0. The summed E-state index contributed by atoms with van der Waals surface area (Å²) in [6, 6.07) is 0. The van der Waals surface area contributed by atoms with E-state index in [1.807, 2.05) is 0 Å². The third-order valence-electron chi connectivity index (χ3n) is 13.1. The van der Waals surface area contributed by atoms with Gasteiger partial charge >= 0.3 is 0 Å². The maximum Gasteiger partial charge on any atom is 0.237 e. The Kier molecular flexibility index (Phi) is 80.7. The second-order valence-corrected chi connectivity index (χ2v) is 19.4. The maximum absolute atomic E-state index is 11.7. The van der Waals surface area contributed by atoms with Gasteiger partial charge in [0.15, 0.2) is 0 Å². The average Bonchev–Trinajstić information content (AvgIpc) is 3.74. The maximum atomic E-state index is 11.7. The summed E-state index contributed by atoms with van der Waals surface area (Å²) in [5, 5.41) is 17.1. The Bertz CT molecular complexity index is 816. The lowest BCUT2D eigenvalue weighted by atomic mass is 10.1. The van der Waals surface area contributed by atoms with Crippen molar-refractivity contribution in [3.05, 3.63) is 0 Å². The van der Waals surface area contributed by atoms with E-state index in [1.54, 1.807) is 4.90 Å². The van der Waals surface area contributed by atoms with E-state index >= 15 is 0 Å². The molecule has 7 heteroatoms. The molecule has 0 aliphatic carbocycles. The number of nitrogens with zero attached hydrogens (tertiary/aromatic N) is 3. The van der Waals surface area contributed by atoms with Crippen molar-refractivity contribution in [3.8, 4) is 0 Å². The van der Waals surface area contributed by atoms with Crippen LogP contribution in [0, 0.1) is 0 Å². The number of unbranched alkanes of at least 4 members (excludes halogenated alkanes) is 34. The van der Waals surface area contributed by atoms with E-state index in [0.717, 1.165) is 13.0 Å². The molecule has 3 N–H and O–H groups in total. The summed E-state index contributed by atoms with van der Waals surface area (Å²) >= 11 is 0. The molecule has 0 bridgehead atoms. The fourth-order valence-corrected chi connectivity index (χ4v) is 8.55. The fraction of sp³-hybridized carbons (Fsp3) is 0.983. The second-order valence-electron chi connectivity index (χ2n) is 19.4. The first kappa shape index (κ1) is 77.7. The van der Waals surface area contributed by atoms with Gasteiger partial charge in [-0.2, -0.15) is 5.06 Å². The topological polar surface area (TPSA) is 71.1 Å². The Hall–Kier alpha value is -0.730. The van der Waals surface area contributed by atoms with Crippen LogP contribution in [0.25, 0.3) is 0 Å². The Morgan fingerprint density at radius 1 is 0.388 bits per heavy atom. The number of hydroxylamine groups is 2. The predicted octanol–water partition coefficient (Wildman–Crippen LogP) is 18.8. The first-order valence-corrected chi connectivity index (χ1v) is 28.9. The number of nitrogens with one attached hydrogen (secondary N) is 2. The van der Waals surface area contributed by atoms with Crippen LogP contribution in [0.3, 0.4) is 0 Å². The molecule has 1 rings (SSSR count). The van der Waals surface area contributed by atoms with E-state index < -0.39 is 0 Å². The van der Waals surface area contributed by atoms with Gasteiger partial charge in [-0.05, 0) is 71.4 Å². The molecule has 0 aromatic rings. The Morgan fingerprint density at radius 3 is 0.925 bits per heavy atom. The van der Waals surface area contributed by atoms with E-state index in [4.69, 9.17) is 0 Å². The van der Waals surface area contributed by atoms with Crippen molar-refractivity contribution in [3.63, 3.8) is 0 Å². The monoisotopic (exact) mass is 958 g/mol. The highest BCUT2D eigenvalue weighted by atomic mass is 16.5. The quantitative estimate of drug-likeness (QED) is 0.0528. The van der Waals surface area contributed by atoms with Crippen molar-refractivity contribution in [1.82, 2.24) is 25.5 Å². The predicted molar refractivity (Wildman–Crippen MR) is 308 cm³/mol. The summed E-state index contributed by atoms with van der Waals surface area (Å²) in [4.78, 5) is 16.1. The lowest BCUT2D eigenvalue weighted by Crippen LogP contribution is -2.37. The van der Waals surface area contributed by atoms with Gasteiger partial charge in [0.25, 0.3) is 0 Å². The Labute approximate surface area is 427 Å². The number of amides is 1. The normalized spacial score (nSPS) is 12.0. The standard InChI is InChI=1S/C25H53N.C17H37N.C14H29N3O2.4CH4/c1-4-7-9-11-13-15-17-19-21-23-25-26(6-3)24-22-20-18-16-14-12-10-8-5-2;1-3-5-7-9-11-13-15-17-18-16-14-12-10-8-6-4-2;1-2-3-4-5-6-7-8-9-15-12-14(18)16-10-11-17(19)13-16;;;;/h4-25H2,1-3H3;18H,3-17H2,1-2H3;15,19H,2-13H2,1H3;4*1H4. The van der Waals surface area contributed by atoms with Crippen LogP contribution in [0.1, 0.15) is 322 Å². The smallest absolute Gasteiger partial charge is 0.237 e. The van der Waals surface area contributed by atoms with Crippen molar-refractivity contribution < 1.29 is 10.0 Å². The van der Waals surface area contributed by atoms with Crippen molar-refractivity contribution in [1.29, 1.82) is 0 Å². The molecule has 0 unspecified atom stereocenters. The molecule has 0 aromatic carbocycles. The van der Waals surface area contributed by atoms with Crippen molar-refractivity contribution >= 4 is 5.91 Å². The van der Waals surface area contributed by atoms with Crippen LogP contribution in [0.4, 0.5) is 0 Å². The van der Waals surface area contributed by atoms with E-state index in [1.165, 1.54) is 282 Å². The highest BCUT2D eigenvalue weighted by Gasteiger charge is 2.22. The van der Waals surface area contributed by atoms with Crippen molar-refractivity contribution in [2.24, 2.45) is 0 Å². The molecular weight excluding hydrogens is 823 g/mol. The third-order valence-corrected chi connectivity index (χ3v) is 13.1. The molecule has 0 spiro atoms. The third kappa shape index (κ3) is 65.3. The minimum Gasteiger partial charge on any atom is -0.325 e. The summed E-state index contributed by atoms with van der Waals surface area (Å²) in [6.07, 6.45) is 54.9. The molecule has 0 aromatic heterocycles. The van der Waals surface area contributed by atoms with Gasteiger partial charge in [0.05, 0.1) is 13.2 Å². The number of carbonyl (C=O) groups is 1. The van der Waals surface area contributed by atoms with Gasteiger partial charge in [-0.1, -0.05) is 290 Å². The van der Waals surface area contributed by atoms with Gasteiger partial charge in [0, 0.05) is 13.1 Å². The van der Waals surface area contributed by atoms with Crippen LogP contribution in [0.15, 0.2) is 0 Å². The zero-order valence-corrected chi connectivity index (χ0v) is 44.3. The Morgan fingerprint density at radius 2 is 0.657 bits per heavy atom. The van der Waals surface area contributed by atoms with E-state index in [2.05, 4.69) is 57.1 Å². The molecule has 7 nitrogen and oxygen atoms in total. The zero-order chi connectivity index (χ0) is 46.4. The van der Waals surface area contributed by atoms with Gasteiger partial charge < -0.3 is 25.6 Å². The Balaban J connectivity index is -0.000000206. The first-order valence-electron chi connectivity index (χ1n) is 28.9. The highest BCUT2D eigenvalue weighted by Crippen LogP contribution is 2.13. The zero-order valence-electron chi connectivity index (χ0n) is 44.3. The molecule has 1 amide bonds. The number of hydrogen-bond donors (Lipinski definition) is 3. The molecule has 0 radical (unpaired) electrons. The molecule has 0 saturated carbocycles. The second kappa shape index (κ2) is 69.5. The van der Waals surface area contributed by atoms with Crippen LogP contribution < -0.4 is 10.6 Å². The van der Waals surface area contributed by atoms with E-state index in [-0.39, 0.29) is 35.6 Å². The minimum absolute atomic E-state index is 0. The minimum atomic E-state index is 0. The van der Waals surface area contributed by atoms with Gasteiger partial charge in [-0.15, -0.1) is 0 Å². The average molecular weight is 959 g/mol. The lowest BCUT2D eigenvalue weighted by Gasteiger charge is -2.20. The molecule has 1 aliphatic rings. The largest absolute Gasteiger partial charge is 0.325 e. The van der Waals surface area contributed by atoms with Gasteiger partial charge in [0.2, 0.25) is 5.91 Å². The van der Waals surface area contributed by atoms with Gasteiger partial charge in [-0.3, -0.25) is 4.79 Å². The van der Waals surface area contributed by atoms with Crippen molar-refractivity contribution in [2.75, 3.05) is 65.6 Å². The van der Waals surface area contributed by atoms with Crippen LogP contribution in [0.2, 0.25) is 0 Å². The molecule has 0 atom stereocenters. The number of carbonyl (C=O) groups excluding carboxylic acids is 1. The highest BCUT2D eigenvalue weighted by molar-refractivity contribution is 5.78. The van der Waals surface area contributed by atoms with Crippen molar-refractivity contribution in [2.45, 2.75) is 322 Å². The van der Waals surface area contributed by atoms with Crippen LogP contribution in [0.5, 0.6) is 0 Å². The summed E-state index contributed by atoms with van der Waals surface area (Å²) in [7, 11) is 0. The van der Waals surface area contributed by atoms with E-state index in [0.29, 0.717) is 26.3 Å². The van der Waals surface area contributed by atoms with Gasteiger partial charge in [-0.25, -0.2) is 0 Å². The molecule has 412 valence electrons. The molecular formula is C60H135N5O2. The number of rotatable bonds is 47. The van der Waals surface area contributed by atoms with Gasteiger partial charge in [0.1, 0.15) is 0 Å². The molecule has 1 fully saturated rings. The van der Waals surface area contributed by atoms with Crippen LogP contribution in [-0.2, 0) is 4.79 Å². The van der Waals surface area contributed by atoms with Crippen LogP contribution >= 0.6 is 0 Å². The molecule has 1 saturated heterocycles. The van der Waals surface area contributed by atoms with E-state index in [9.17, 15) is 10.0 Å². The summed E-state index contributed by atoms with van der Waals surface area (Å²) < 4.78 is 0. The number of hydrogen-bond acceptors (Lipinski definition) is 6.